The van der Waals surface area contributed by atoms with Gasteiger partial charge in [0.2, 0.25) is 0 Å². The smallest absolute Gasteiger partial charge is 0.164 e. The van der Waals surface area contributed by atoms with Crippen LogP contribution in [-0.4, -0.2) is 9.52 Å². The Bertz CT molecular complexity index is 3350. The molecule has 2 saturated carbocycles. The summed E-state index contributed by atoms with van der Waals surface area (Å²) in [5.74, 6) is 1.72. The zero-order chi connectivity index (χ0) is 47.7. The first-order valence-electron chi connectivity index (χ1n) is 26.1. The third-order valence-electron chi connectivity index (χ3n) is 15.7. The summed E-state index contributed by atoms with van der Waals surface area (Å²) in [6.45, 7) is 4.31. The van der Waals surface area contributed by atoms with Crippen LogP contribution in [0.1, 0.15) is 49.7 Å². The van der Waals surface area contributed by atoms with E-state index in [9.17, 15) is 0 Å². The van der Waals surface area contributed by atoms with Crippen molar-refractivity contribution in [1.82, 2.24) is 0 Å². The molecule has 348 valence electrons. The van der Waals surface area contributed by atoms with Gasteiger partial charge in [0, 0.05) is 9.52 Å². The van der Waals surface area contributed by atoms with Crippen LogP contribution in [0.15, 0.2) is 218 Å². The van der Waals surface area contributed by atoms with E-state index in [1.54, 1.807) is 0 Å². The van der Waals surface area contributed by atoms with E-state index in [1.807, 2.05) is 0 Å². The molecule has 0 spiro atoms. The fourth-order valence-electron chi connectivity index (χ4n) is 11.8. The quantitative estimate of drug-likeness (QED) is 0.105. The average Bonchev–Trinajstić information content (AvgIpc) is 4.03. The Kier molecular flexibility index (Phi) is 14.2. The molecule has 2 radical (unpaired) electrons. The summed E-state index contributed by atoms with van der Waals surface area (Å²) in [7, 11) is 1.08. The molecule has 0 nitrogen and oxygen atoms in total. The average molecular weight is 1020 g/mol. The van der Waals surface area contributed by atoms with Crippen molar-refractivity contribution in [2.24, 2.45) is 11.8 Å². The Morgan fingerprint density at radius 2 is 0.597 bits per heavy atom. The van der Waals surface area contributed by atoms with Crippen LogP contribution >= 0.6 is 0 Å². The summed E-state index contributed by atoms with van der Waals surface area (Å²) in [5.41, 5.74) is 13.7. The molecule has 2 aliphatic carbocycles. The van der Waals surface area contributed by atoms with Crippen LogP contribution in [0.4, 0.5) is 0 Å². The van der Waals surface area contributed by atoms with E-state index in [2.05, 4.69) is 231 Å². The van der Waals surface area contributed by atoms with Gasteiger partial charge in [-0.2, -0.15) is 12.1 Å². The molecule has 0 bridgehead atoms. The maximum absolute atomic E-state index is 2.49. The minimum Gasteiger partial charge on any atom is -0.164 e. The molecule has 0 heterocycles. The fraction of sp³-hybridized carbons (Fsp3) is 0.171. The normalized spacial score (nSPS) is 13.6. The Balaban J connectivity index is 0.000000146. The maximum Gasteiger partial charge on any atom is 2.00 e. The van der Waals surface area contributed by atoms with Crippen molar-refractivity contribution in [3.63, 3.8) is 0 Å². The summed E-state index contributed by atoms with van der Waals surface area (Å²) >= 11 is 0. The zero-order valence-electron chi connectivity index (χ0n) is 41.6. The van der Waals surface area contributed by atoms with Gasteiger partial charge in [0.25, 0.3) is 0 Å². The third-order valence-corrected chi connectivity index (χ3v) is 15.7. The Hall–Kier alpha value is -6.44. The number of fused-ring (bicyclic) bond motifs is 6. The minimum absolute atomic E-state index is 0. The molecule has 0 aromatic heterocycles. The number of benzene rings is 10. The van der Waals surface area contributed by atoms with Crippen LogP contribution < -0.4 is 0 Å². The summed E-state index contributed by atoms with van der Waals surface area (Å²) in [6, 6.07) is 81.2. The van der Waals surface area contributed by atoms with E-state index in [0.717, 1.165) is 21.4 Å². The van der Waals surface area contributed by atoms with E-state index in [4.69, 9.17) is 0 Å². The number of hydrogen-bond donors (Lipinski definition) is 0. The summed E-state index contributed by atoms with van der Waals surface area (Å²) in [4.78, 5) is 0. The van der Waals surface area contributed by atoms with Crippen LogP contribution in [-0.2, 0) is 39.0 Å². The van der Waals surface area contributed by atoms with Gasteiger partial charge in [-0.1, -0.05) is 279 Å². The zero-order valence-corrected chi connectivity index (χ0v) is 45.1. The monoisotopic (exact) mass is 1020 g/mol. The number of hydrogen-bond acceptors (Lipinski definition) is 0. The van der Waals surface area contributed by atoms with Gasteiger partial charge in [-0.3, -0.25) is 0 Å². The molecule has 0 amide bonds. The van der Waals surface area contributed by atoms with E-state index in [0.29, 0.717) is 0 Å². The number of rotatable bonds is 8. The van der Waals surface area contributed by atoms with E-state index >= 15 is 0 Å². The molecular weight excluding hydrogens is 960 g/mol. The summed E-state index contributed by atoms with van der Waals surface area (Å²) in [6.07, 6.45) is 10.7. The molecule has 14 rings (SSSR count). The van der Waals surface area contributed by atoms with Gasteiger partial charge in [0.05, 0.1) is 0 Å². The van der Waals surface area contributed by atoms with Crippen molar-refractivity contribution in [1.29, 1.82) is 0 Å². The topological polar surface area (TPSA) is 0 Å². The molecule has 2 heteroatoms. The molecule has 12 aromatic rings. The molecule has 12 aromatic carbocycles. The molecule has 0 saturated heterocycles. The molecule has 0 unspecified atom stereocenters. The van der Waals surface area contributed by atoms with Crippen molar-refractivity contribution in [2.75, 3.05) is 0 Å². The van der Waals surface area contributed by atoms with E-state index in [1.165, 1.54) is 172 Å². The molecule has 72 heavy (non-hydrogen) atoms. The van der Waals surface area contributed by atoms with Crippen molar-refractivity contribution in [3.8, 4) is 44.5 Å². The van der Waals surface area contributed by atoms with Crippen molar-refractivity contribution in [3.05, 3.63) is 230 Å². The van der Waals surface area contributed by atoms with Gasteiger partial charge < -0.3 is 0 Å². The first-order valence-corrected chi connectivity index (χ1v) is 28.1. The first-order chi connectivity index (χ1) is 35.1. The molecular formula is C70H60SiZr. The Morgan fingerprint density at radius 3 is 0.903 bits per heavy atom. The fourth-order valence-corrected chi connectivity index (χ4v) is 11.8. The predicted molar refractivity (Wildman–Crippen MR) is 310 cm³/mol. The Morgan fingerprint density at radius 1 is 0.333 bits per heavy atom. The Labute approximate surface area is 447 Å². The van der Waals surface area contributed by atoms with Gasteiger partial charge in [-0.05, 0) is 78.9 Å². The van der Waals surface area contributed by atoms with Crippen LogP contribution in [0.3, 0.4) is 0 Å². The summed E-state index contributed by atoms with van der Waals surface area (Å²) < 4.78 is 0. The second-order valence-corrected chi connectivity index (χ2v) is 21.3. The van der Waals surface area contributed by atoms with Gasteiger partial charge in [0.15, 0.2) is 0 Å². The molecule has 2 aliphatic rings. The summed E-state index contributed by atoms with van der Waals surface area (Å²) in [5, 5.41) is 16.0. The SMILES string of the molecule is C[Si]C.[Zr+2].c1ccc2c(-c3ccc(-c4cccc5ccccc45)c4[cH-]c(CC5CCC5)cc34)cccc2c1.c1ccc2c(-c3ccc(-c4cccc5ccccc45)c4[cH-]c(CC5CCC5)cc34)cccc2c1. The second kappa shape index (κ2) is 21.3. The van der Waals surface area contributed by atoms with Crippen LogP contribution in [0.5, 0.6) is 0 Å². The molecule has 2 fully saturated rings. The van der Waals surface area contributed by atoms with E-state index in [-0.39, 0.29) is 26.2 Å². The van der Waals surface area contributed by atoms with Crippen molar-refractivity contribution in [2.45, 2.75) is 64.5 Å². The van der Waals surface area contributed by atoms with Gasteiger partial charge in [0.1, 0.15) is 0 Å². The second-order valence-electron chi connectivity index (χ2n) is 20.3. The van der Waals surface area contributed by atoms with Crippen molar-refractivity contribution < 1.29 is 26.2 Å². The van der Waals surface area contributed by atoms with Crippen LogP contribution in [0.25, 0.3) is 109 Å². The standard InChI is InChI=1S/2C34H27.C2H6Si.Zr/c2*1-3-14-27-25(10-1)12-6-16-29(27)31-18-19-32(30-17-7-13-26-11-2-4-15-28(26)30)34-22-24(21-33(31)34)20-23-8-5-9-23;1-3-2;/h2*1-4,6-7,10-19,21-23H,5,8-9,20H2;1-2H3;/q2*-1;;+2. The van der Waals surface area contributed by atoms with Crippen molar-refractivity contribution >= 4 is 74.2 Å². The predicted octanol–water partition coefficient (Wildman–Crippen LogP) is 19.9. The van der Waals surface area contributed by atoms with Gasteiger partial charge in [-0.25, -0.2) is 0 Å². The largest absolute Gasteiger partial charge is 2.00 e. The first kappa shape index (κ1) is 47.9. The molecule has 0 atom stereocenters. The molecule has 0 N–H and O–H groups in total. The van der Waals surface area contributed by atoms with Crippen LogP contribution in [0, 0.1) is 11.8 Å². The maximum atomic E-state index is 2.49. The van der Waals surface area contributed by atoms with Crippen LogP contribution in [0.2, 0.25) is 13.1 Å². The van der Waals surface area contributed by atoms with E-state index < -0.39 is 0 Å². The minimum atomic E-state index is 0. The molecule has 0 aliphatic heterocycles. The van der Waals surface area contributed by atoms with Gasteiger partial charge in [-0.15, -0.1) is 44.8 Å². The van der Waals surface area contributed by atoms with Gasteiger partial charge >= 0.3 is 26.2 Å². The third kappa shape index (κ3) is 9.30.